The van der Waals surface area contributed by atoms with Crippen molar-refractivity contribution < 1.29 is 13.3 Å². The molecule has 0 spiro atoms. The van der Waals surface area contributed by atoms with Crippen molar-refractivity contribution in [2.45, 2.75) is 0 Å². The molecule has 0 aliphatic carbocycles. The van der Waals surface area contributed by atoms with Crippen molar-refractivity contribution in [2.75, 3.05) is 10.2 Å². The van der Waals surface area contributed by atoms with Crippen molar-refractivity contribution in [3.05, 3.63) is 447 Å². The summed E-state index contributed by atoms with van der Waals surface area (Å²) in [5, 5.41) is 22.5. The van der Waals surface area contributed by atoms with Gasteiger partial charge in [-0.25, -0.2) is 0 Å². The number of hydrogen-bond acceptors (Lipinski definition) is 5. The summed E-state index contributed by atoms with van der Waals surface area (Å²) in [5.41, 5.74) is 28.1. The zero-order chi connectivity index (χ0) is 82.6. The van der Waals surface area contributed by atoms with Crippen LogP contribution < -0.4 is 10.2 Å². The second-order valence-electron chi connectivity index (χ2n) is 32.0. The van der Waals surface area contributed by atoms with E-state index >= 15 is 0 Å². The van der Waals surface area contributed by atoms with Crippen molar-refractivity contribution in [3.63, 3.8) is 0 Å². The Bertz CT molecular complexity index is 8700. The molecule has 0 aliphatic heterocycles. The van der Waals surface area contributed by atoms with E-state index in [1.54, 1.807) is 0 Å². The van der Waals surface area contributed by atoms with E-state index in [9.17, 15) is 0 Å². The van der Waals surface area contributed by atoms with Gasteiger partial charge in [0.25, 0.3) is 0 Å². The lowest BCUT2D eigenvalue weighted by Crippen LogP contribution is -2.10. The smallest absolute Gasteiger partial charge is 0.160 e. The number of rotatable bonds is 11. The first-order chi connectivity index (χ1) is 61.9. The largest absolute Gasteiger partial charge is 0.456 e. The SMILES string of the molecule is Brc1ccc(-c2ccc3c4ccccc4n(-c4ccccc4)c3c2)cc1.c1ccc(-n2c3ccccc3c3ccc(-c4ccc(N(c5ccc6c(c5)oc5ccccc56)c5cc6ccccc6c6c5oc5ccc7ccccc7c56)cc4)cc32)cc1.c1ccc(-n2c3ccccc3c3ccc(-c4ccc(Nc5ccc6c(c5)oc5ccccc56)cc4)cc32)cc1. The first kappa shape index (κ1) is 72.8. The number of nitrogens with zero attached hydrogens (tertiary/aromatic N) is 4. The number of fused-ring (bicyclic) bond motifs is 22. The van der Waals surface area contributed by atoms with Crippen LogP contribution >= 0.6 is 15.9 Å². The molecule has 0 fully saturated rings. The molecule has 588 valence electrons. The summed E-state index contributed by atoms with van der Waals surface area (Å²) in [4.78, 5) is 2.33. The van der Waals surface area contributed by atoms with Gasteiger partial charge in [0.15, 0.2) is 5.58 Å². The number of halogens is 1. The minimum atomic E-state index is 0.838. The van der Waals surface area contributed by atoms with Gasteiger partial charge in [0.2, 0.25) is 0 Å². The van der Waals surface area contributed by atoms with E-state index < -0.39 is 0 Å². The summed E-state index contributed by atoms with van der Waals surface area (Å²) in [6.45, 7) is 0. The Labute approximate surface area is 726 Å². The van der Waals surface area contributed by atoms with Crippen molar-refractivity contribution >= 4 is 197 Å². The molecule has 0 unspecified atom stereocenters. The molecule has 0 saturated carbocycles. The molecule has 26 aromatic rings. The highest BCUT2D eigenvalue weighted by atomic mass is 79.9. The van der Waals surface area contributed by atoms with Crippen molar-refractivity contribution in [1.29, 1.82) is 0 Å². The molecule has 0 radical (unpaired) electrons. The van der Waals surface area contributed by atoms with Crippen LogP contribution in [0.2, 0.25) is 0 Å². The van der Waals surface area contributed by atoms with Crippen molar-refractivity contribution in [2.24, 2.45) is 0 Å². The van der Waals surface area contributed by atoms with E-state index in [1.165, 1.54) is 110 Å². The molecular formula is C116H74BrN5O3. The van der Waals surface area contributed by atoms with E-state index in [-0.39, 0.29) is 0 Å². The van der Waals surface area contributed by atoms with E-state index in [4.69, 9.17) is 13.3 Å². The average Bonchev–Trinajstić information content (AvgIpc) is 1.57. The van der Waals surface area contributed by atoms with Gasteiger partial charge in [-0.05, 0) is 213 Å². The maximum Gasteiger partial charge on any atom is 0.160 e. The van der Waals surface area contributed by atoms with E-state index in [0.717, 1.165) is 126 Å². The molecule has 1 N–H and O–H groups in total. The molecule has 8 nitrogen and oxygen atoms in total. The average molecular weight is 1670 g/mol. The molecule has 20 aromatic carbocycles. The fourth-order valence-electron chi connectivity index (χ4n) is 19.0. The van der Waals surface area contributed by atoms with E-state index in [2.05, 4.69) is 452 Å². The lowest BCUT2D eigenvalue weighted by Gasteiger charge is -2.26. The van der Waals surface area contributed by atoms with Gasteiger partial charge in [-0.15, -0.1) is 0 Å². The molecule has 0 atom stereocenters. The molecule has 26 rings (SSSR count). The van der Waals surface area contributed by atoms with Gasteiger partial charge >= 0.3 is 0 Å². The predicted molar refractivity (Wildman–Crippen MR) is 528 cm³/mol. The highest BCUT2D eigenvalue weighted by Crippen LogP contribution is 2.50. The molecule has 0 aliphatic rings. The number of nitrogens with one attached hydrogen (secondary N) is 1. The maximum atomic E-state index is 7.00. The zero-order valence-electron chi connectivity index (χ0n) is 67.5. The number of para-hydroxylation sites is 8. The zero-order valence-corrected chi connectivity index (χ0v) is 69.1. The maximum absolute atomic E-state index is 7.00. The lowest BCUT2D eigenvalue weighted by molar-refractivity contribution is 0.667. The van der Waals surface area contributed by atoms with Crippen LogP contribution in [0.15, 0.2) is 461 Å². The third kappa shape index (κ3) is 12.7. The van der Waals surface area contributed by atoms with Crippen LogP contribution in [0.1, 0.15) is 0 Å². The predicted octanol–water partition coefficient (Wildman–Crippen LogP) is 33.3. The van der Waals surface area contributed by atoms with E-state index in [1.807, 2.05) is 30.3 Å². The highest BCUT2D eigenvalue weighted by Gasteiger charge is 2.26. The summed E-state index contributed by atoms with van der Waals surface area (Å²) >= 11 is 3.52. The van der Waals surface area contributed by atoms with Crippen molar-refractivity contribution in [1.82, 2.24) is 13.7 Å². The number of benzene rings is 20. The normalized spacial score (nSPS) is 11.7. The van der Waals surface area contributed by atoms with Crippen LogP contribution in [0.4, 0.5) is 28.4 Å². The summed E-state index contributed by atoms with van der Waals surface area (Å²) in [6, 6.07) is 157. The Morgan fingerprint density at radius 3 is 1.08 bits per heavy atom. The Kier molecular flexibility index (Phi) is 17.6. The molecule has 0 amide bonds. The number of furan rings is 3. The van der Waals surface area contributed by atoms with Gasteiger partial charge in [0.05, 0.1) is 44.5 Å². The lowest BCUT2D eigenvalue weighted by atomic mass is 9.98. The monoisotopic (exact) mass is 1660 g/mol. The Hall–Kier alpha value is -16.2. The first-order valence-corrected chi connectivity index (χ1v) is 43.1. The van der Waals surface area contributed by atoms with Gasteiger partial charge < -0.3 is 37.2 Å². The molecule has 6 heterocycles. The van der Waals surface area contributed by atoms with Crippen LogP contribution in [-0.4, -0.2) is 13.7 Å². The third-order valence-corrected chi connectivity index (χ3v) is 25.3. The standard InChI is InChI=1S/C56H34N2O2.C36H24N2O.C24H16BrN/c1-2-14-39(15-3-1)58-48-20-10-8-18-44(48)45-29-24-37(32-49(45)58)35-22-26-40(27-23-35)57(41-28-30-47-46-19-9-11-21-51(46)59-53(47)34-41)50-33-38-13-5-7-17-43(38)55-54-42-16-6-4-12-36(42)25-31-52(54)60-56(50)55;1-2-8-28(9-3-1)38-33-12-6-4-10-29(33)30-20-16-25(22-34(30)38)24-14-17-26(18-15-24)37-27-19-21-32-31-11-5-7-13-35(31)39-36(32)23-27;25-19-13-10-17(11-14-19)18-12-15-22-21-8-4-5-9-23(21)26(24(22)16-18)20-6-2-1-3-7-20/h1-34H;1-23,37H;1-16H. The fourth-order valence-corrected chi connectivity index (χ4v) is 19.3. The third-order valence-electron chi connectivity index (χ3n) is 24.8. The van der Waals surface area contributed by atoms with Crippen LogP contribution in [-0.2, 0) is 0 Å². The fraction of sp³-hybridized carbons (Fsp3) is 0. The van der Waals surface area contributed by atoms with Gasteiger partial charge in [-0.2, -0.15) is 0 Å². The van der Waals surface area contributed by atoms with Crippen LogP contribution in [0.5, 0.6) is 0 Å². The van der Waals surface area contributed by atoms with Crippen LogP contribution in [0.3, 0.4) is 0 Å². The summed E-state index contributed by atoms with van der Waals surface area (Å²) in [6.07, 6.45) is 0. The number of anilines is 5. The molecule has 6 aromatic heterocycles. The van der Waals surface area contributed by atoms with Crippen LogP contribution in [0.25, 0.3) is 203 Å². The van der Waals surface area contributed by atoms with Crippen molar-refractivity contribution in [3.8, 4) is 50.4 Å². The molecule has 0 saturated heterocycles. The van der Waals surface area contributed by atoms with E-state index in [0.29, 0.717) is 0 Å². The number of hydrogen-bond donors (Lipinski definition) is 1. The quantitative estimate of drug-likeness (QED) is 0.140. The summed E-state index contributed by atoms with van der Waals surface area (Å²) < 4.78 is 27.7. The Morgan fingerprint density at radius 2 is 0.576 bits per heavy atom. The van der Waals surface area contributed by atoms with Gasteiger partial charge in [0.1, 0.15) is 27.9 Å². The van der Waals surface area contributed by atoms with Gasteiger partial charge in [-0.3, -0.25) is 0 Å². The second kappa shape index (κ2) is 30.2. The minimum absolute atomic E-state index is 0.838. The molecule has 125 heavy (non-hydrogen) atoms. The Balaban J connectivity index is 0.000000115. The number of aromatic nitrogens is 3. The topological polar surface area (TPSA) is 69.5 Å². The Morgan fingerprint density at radius 1 is 0.216 bits per heavy atom. The minimum Gasteiger partial charge on any atom is -0.456 e. The summed E-state index contributed by atoms with van der Waals surface area (Å²) in [7, 11) is 0. The highest BCUT2D eigenvalue weighted by molar-refractivity contribution is 9.10. The second-order valence-corrected chi connectivity index (χ2v) is 32.9. The molecular weight excluding hydrogens is 1590 g/mol. The van der Waals surface area contributed by atoms with Gasteiger partial charge in [-0.1, -0.05) is 289 Å². The van der Waals surface area contributed by atoms with Gasteiger partial charge in [0, 0.05) is 115 Å². The molecule has 0 bridgehead atoms. The van der Waals surface area contributed by atoms with Crippen LogP contribution in [0, 0.1) is 0 Å². The summed E-state index contributed by atoms with van der Waals surface area (Å²) in [5.74, 6) is 0. The molecule has 9 heteroatoms. The first-order valence-electron chi connectivity index (χ1n) is 42.3.